The number of para-hydroxylation sites is 2. The van der Waals surface area contributed by atoms with Crippen molar-refractivity contribution >= 4 is 50.1 Å². The molecule has 6 aromatic rings. The van der Waals surface area contributed by atoms with Crippen LogP contribution in [0.3, 0.4) is 0 Å². The molecule has 0 saturated heterocycles. The van der Waals surface area contributed by atoms with Gasteiger partial charge in [-0.25, -0.2) is 14.4 Å². The molecule has 0 bridgehead atoms. The highest BCUT2D eigenvalue weighted by molar-refractivity contribution is 9.10. The molecule has 0 radical (unpaired) electrons. The highest BCUT2D eigenvalue weighted by atomic mass is 79.9. The lowest BCUT2D eigenvalue weighted by atomic mass is 10.2. The molecule has 0 aliphatic heterocycles. The monoisotopic (exact) mass is 583 g/mol. The summed E-state index contributed by atoms with van der Waals surface area (Å²) in [4.78, 5) is 18.9. The number of rotatable bonds is 5. The molecule has 3 aromatic carbocycles. The van der Waals surface area contributed by atoms with E-state index in [1.54, 1.807) is 15.6 Å². The molecule has 9 heteroatoms. The van der Waals surface area contributed by atoms with Crippen molar-refractivity contribution in [3.05, 3.63) is 121 Å². The van der Waals surface area contributed by atoms with Crippen LogP contribution in [-0.2, 0) is 7.05 Å². The molecule has 0 aliphatic carbocycles. The molecule has 6 rings (SSSR count). The van der Waals surface area contributed by atoms with Crippen LogP contribution in [0.1, 0.15) is 11.3 Å². The maximum atomic E-state index is 13.5. The Labute approximate surface area is 230 Å². The van der Waals surface area contributed by atoms with Gasteiger partial charge in [-0.3, -0.25) is 9.48 Å². The van der Waals surface area contributed by atoms with Gasteiger partial charge in [0.1, 0.15) is 11.3 Å². The number of furan rings is 1. The van der Waals surface area contributed by atoms with E-state index in [0.29, 0.717) is 16.2 Å². The Morgan fingerprint density at radius 3 is 2.47 bits per heavy atom. The lowest BCUT2D eigenvalue weighted by Crippen LogP contribution is -2.19. The molecule has 7 nitrogen and oxygen atoms in total. The van der Waals surface area contributed by atoms with Crippen LogP contribution in [-0.4, -0.2) is 20.3 Å². The molecule has 0 fully saturated rings. The van der Waals surface area contributed by atoms with Gasteiger partial charge in [-0.05, 0) is 48.9 Å². The third-order valence-corrected chi connectivity index (χ3v) is 7.63. The third-order valence-electron chi connectivity index (χ3n) is 6.29. The van der Waals surface area contributed by atoms with Crippen LogP contribution in [0.4, 0.5) is 5.69 Å². The Bertz CT molecular complexity index is 1890. The van der Waals surface area contributed by atoms with Gasteiger partial charge in [0.15, 0.2) is 11.4 Å². The summed E-state index contributed by atoms with van der Waals surface area (Å²) in [5.74, 6) is 0.670. The molecular weight excluding hydrogens is 562 g/mol. The lowest BCUT2D eigenvalue weighted by Gasteiger charge is -2.07. The summed E-state index contributed by atoms with van der Waals surface area (Å²) < 4.78 is 12.3. The maximum absolute atomic E-state index is 13.5. The van der Waals surface area contributed by atoms with Crippen molar-refractivity contribution in [3.8, 4) is 17.1 Å². The first-order valence-corrected chi connectivity index (χ1v) is 13.5. The minimum absolute atomic E-state index is 0.196. The van der Waals surface area contributed by atoms with Crippen LogP contribution < -0.4 is 10.4 Å². The van der Waals surface area contributed by atoms with Gasteiger partial charge in [-0.15, -0.1) is 11.3 Å². The van der Waals surface area contributed by atoms with Crippen molar-refractivity contribution in [2.45, 2.75) is 6.92 Å². The molecule has 0 unspecified atom stereocenters. The summed E-state index contributed by atoms with van der Waals surface area (Å²) in [5.41, 5.74) is 4.16. The highest BCUT2D eigenvalue weighted by Crippen LogP contribution is 2.28. The molecule has 0 saturated carbocycles. The second kappa shape index (κ2) is 9.92. The number of hydrogen-bond donors (Lipinski definition) is 0. The van der Waals surface area contributed by atoms with E-state index in [1.807, 2.05) is 109 Å². The second-order valence-corrected chi connectivity index (χ2v) is 10.4. The molecular formula is C29H22BrN5O2S. The summed E-state index contributed by atoms with van der Waals surface area (Å²) in [6.07, 6.45) is 1.77. The lowest BCUT2D eigenvalue weighted by molar-refractivity contribution is 0.622. The quantitative estimate of drug-likeness (QED) is 0.213. The van der Waals surface area contributed by atoms with Crippen LogP contribution in [0.25, 0.3) is 28.1 Å². The summed E-state index contributed by atoms with van der Waals surface area (Å²) in [6.45, 7) is 1.89. The fourth-order valence-corrected chi connectivity index (χ4v) is 5.31. The average Bonchev–Trinajstić information content (AvgIpc) is 3.60. The normalized spacial score (nSPS) is 12.2. The summed E-state index contributed by atoms with van der Waals surface area (Å²) in [5, 5.41) is 7.72. The summed E-state index contributed by atoms with van der Waals surface area (Å²) >= 11 is 4.87. The van der Waals surface area contributed by atoms with Crippen molar-refractivity contribution in [1.82, 2.24) is 14.0 Å². The second-order valence-electron chi connectivity index (χ2n) is 8.68. The van der Waals surface area contributed by atoms with E-state index >= 15 is 0 Å². The van der Waals surface area contributed by atoms with Crippen molar-refractivity contribution < 1.29 is 4.42 Å². The van der Waals surface area contributed by atoms with Gasteiger partial charge in [-0.1, -0.05) is 64.5 Å². The molecule has 0 spiro atoms. The van der Waals surface area contributed by atoms with Crippen molar-refractivity contribution in [2.24, 2.45) is 17.1 Å². The number of nitrogens with zero attached hydrogens (tertiary/aromatic N) is 5. The minimum Gasteiger partial charge on any atom is -0.454 e. The van der Waals surface area contributed by atoms with E-state index in [2.05, 4.69) is 15.9 Å². The molecule has 0 amide bonds. The molecule has 3 aromatic heterocycles. The molecule has 0 atom stereocenters. The first-order chi connectivity index (χ1) is 18.5. The Kier molecular flexibility index (Phi) is 6.30. The zero-order valence-corrected chi connectivity index (χ0v) is 23.0. The molecule has 38 heavy (non-hydrogen) atoms. The number of aromatic nitrogens is 3. The van der Waals surface area contributed by atoms with E-state index in [0.717, 1.165) is 38.1 Å². The van der Waals surface area contributed by atoms with Gasteiger partial charge in [0.2, 0.25) is 4.80 Å². The molecule has 0 aliphatic rings. The summed E-state index contributed by atoms with van der Waals surface area (Å²) in [7, 11) is 1.86. The topological polar surface area (TPSA) is 69.7 Å². The van der Waals surface area contributed by atoms with Crippen molar-refractivity contribution in [1.29, 1.82) is 0 Å². The van der Waals surface area contributed by atoms with Crippen molar-refractivity contribution in [3.63, 3.8) is 0 Å². The fourth-order valence-electron chi connectivity index (χ4n) is 4.22. The van der Waals surface area contributed by atoms with Gasteiger partial charge >= 0.3 is 0 Å². The van der Waals surface area contributed by atoms with Gasteiger partial charge in [-0.2, -0.15) is 5.10 Å². The Hall–Kier alpha value is -4.21. The van der Waals surface area contributed by atoms with Crippen LogP contribution in [0.15, 0.2) is 114 Å². The number of benzene rings is 3. The van der Waals surface area contributed by atoms with Crippen LogP contribution >= 0.6 is 27.3 Å². The van der Waals surface area contributed by atoms with E-state index in [-0.39, 0.29) is 5.56 Å². The number of fused-ring (bicyclic) bond motifs is 1. The Morgan fingerprint density at radius 1 is 0.974 bits per heavy atom. The molecule has 3 heterocycles. The molecule has 188 valence electrons. The first kappa shape index (κ1) is 24.1. The van der Waals surface area contributed by atoms with Gasteiger partial charge in [0.25, 0.3) is 5.56 Å². The Balaban J connectivity index is 1.54. The largest absolute Gasteiger partial charge is 0.454 e. The molecule has 0 N–H and O–H groups in total. The predicted molar refractivity (Wildman–Crippen MR) is 156 cm³/mol. The Morgan fingerprint density at radius 2 is 1.71 bits per heavy atom. The van der Waals surface area contributed by atoms with Gasteiger partial charge in [0.05, 0.1) is 17.6 Å². The minimum atomic E-state index is -0.196. The standard InChI is InChI=1S/C29H22BrN5O2S/c1-19-27(28(36)35(33(19)2)23-9-4-3-5-10-23)32-29-34(31-17-20-12-14-22(30)15-13-20)24(18-38-29)26-16-21-8-6-7-11-25(21)37-26/h3-18H,1-2H3. The van der Waals surface area contributed by atoms with Gasteiger partial charge in [0, 0.05) is 22.3 Å². The zero-order valence-electron chi connectivity index (χ0n) is 20.6. The number of thiazole rings is 1. The zero-order chi connectivity index (χ0) is 26.2. The van der Waals surface area contributed by atoms with Crippen LogP contribution in [0.5, 0.6) is 0 Å². The van der Waals surface area contributed by atoms with E-state index in [1.165, 1.54) is 11.3 Å². The average molecular weight is 584 g/mol. The van der Waals surface area contributed by atoms with Crippen LogP contribution in [0.2, 0.25) is 0 Å². The maximum Gasteiger partial charge on any atom is 0.297 e. The summed E-state index contributed by atoms with van der Waals surface area (Å²) in [6, 6.07) is 27.3. The highest BCUT2D eigenvalue weighted by Gasteiger charge is 2.18. The van der Waals surface area contributed by atoms with E-state index < -0.39 is 0 Å². The fraction of sp³-hybridized carbons (Fsp3) is 0.0690. The van der Waals surface area contributed by atoms with Crippen molar-refractivity contribution in [2.75, 3.05) is 0 Å². The third kappa shape index (κ3) is 4.40. The first-order valence-electron chi connectivity index (χ1n) is 11.9. The van der Waals surface area contributed by atoms with E-state index in [4.69, 9.17) is 14.5 Å². The van der Waals surface area contributed by atoms with E-state index in [9.17, 15) is 4.79 Å². The number of hydrogen-bond acceptors (Lipinski definition) is 5. The predicted octanol–water partition coefficient (Wildman–Crippen LogP) is 6.64. The van der Waals surface area contributed by atoms with Gasteiger partial charge < -0.3 is 4.42 Å². The SMILES string of the molecule is Cc1c(N=c2scc(-c3cc4ccccc4o3)n2N=Cc2ccc(Br)cc2)c(=O)n(-c2ccccc2)n1C. The smallest absolute Gasteiger partial charge is 0.297 e. The number of halogens is 1. The van der Waals surface area contributed by atoms with Crippen LogP contribution in [0, 0.1) is 6.92 Å².